The number of benzene rings is 2. The van der Waals surface area contributed by atoms with Crippen molar-refractivity contribution in [1.82, 2.24) is 10.2 Å². The second-order valence-electron chi connectivity index (χ2n) is 12.3. The number of carbonyl (C=O) groups is 3. The van der Waals surface area contributed by atoms with E-state index in [0.717, 1.165) is 0 Å². The van der Waals surface area contributed by atoms with Gasteiger partial charge in [0, 0.05) is 11.2 Å². The molecule has 3 aliphatic heterocycles. The molecule has 214 valence electrons. The summed E-state index contributed by atoms with van der Waals surface area (Å²) >= 11 is 0. The normalized spacial score (nSPS) is 29.7. The third kappa shape index (κ3) is 4.65. The van der Waals surface area contributed by atoms with Crippen LogP contribution in [0.15, 0.2) is 54.6 Å². The molecule has 6 atom stereocenters. The van der Waals surface area contributed by atoms with Gasteiger partial charge in [0.25, 0.3) is 0 Å². The summed E-state index contributed by atoms with van der Waals surface area (Å²) in [7, 11) is 0. The van der Waals surface area contributed by atoms with Crippen LogP contribution in [-0.2, 0) is 19.1 Å². The zero-order chi connectivity index (χ0) is 28.9. The summed E-state index contributed by atoms with van der Waals surface area (Å²) in [6.07, 6.45) is 0.985. The Morgan fingerprint density at radius 3 is 2.38 bits per heavy atom. The average Bonchev–Trinajstić information content (AvgIpc) is 3.46. The van der Waals surface area contributed by atoms with Gasteiger partial charge in [-0.2, -0.15) is 0 Å². The minimum Gasteiger partial charge on any atom is -0.494 e. The molecule has 2 aromatic carbocycles. The highest BCUT2D eigenvalue weighted by molar-refractivity contribution is 6.02. The molecule has 0 radical (unpaired) electrons. The number of carbonyl (C=O) groups excluding carboxylic acids is 3. The lowest BCUT2D eigenvalue weighted by atomic mass is 9.66. The maximum Gasteiger partial charge on any atom is 0.246 e. The van der Waals surface area contributed by atoms with E-state index in [1.807, 2.05) is 65.0 Å². The third-order valence-electron chi connectivity index (χ3n) is 8.37. The summed E-state index contributed by atoms with van der Waals surface area (Å²) in [5, 5.41) is 16.6. The molecule has 9 heteroatoms. The zero-order valence-electron chi connectivity index (χ0n) is 23.8. The smallest absolute Gasteiger partial charge is 0.246 e. The molecule has 3 N–H and O–H groups in total. The number of likely N-dealkylation sites (tertiary alicyclic amines) is 1. The Hall–Kier alpha value is -3.43. The van der Waals surface area contributed by atoms with Crippen molar-refractivity contribution in [1.29, 1.82) is 0 Å². The molecule has 9 nitrogen and oxygen atoms in total. The molecule has 2 aromatic rings. The molecule has 3 aliphatic rings. The van der Waals surface area contributed by atoms with Crippen molar-refractivity contribution in [3.63, 3.8) is 0 Å². The van der Waals surface area contributed by atoms with E-state index in [2.05, 4.69) is 10.6 Å². The van der Waals surface area contributed by atoms with Crippen molar-refractivity contribution in [3.8, 4) is 5.75 Å². The number of hydrogen-bond acceptors (Lipinski definition) is 6. The van der Waals surface area contributed by atoms with Gasteiger partial charge in [-0.1, -0.05) is 30.3 Å². The van der Waals surface area contributed by atoms with Gasteiger partial charge in [0.05, 0.1) is 36.7 Å². The van der Waals surface area contributed by atoms with Gasteiger partial charge in [0.15, 0.2) is 0 Å². The number of nitrogens with zero attached hydrogens (tertiary/aromatic N) is 1. The van der Waals surface area contributed by atoms with Crippen molar-refractivity contribution in [2.45, 2.75) is 76.3 Å². The summed E-state index contributed by atoms with van der Waals surface area (Å²) in [5.41, 5.74) is -1.38. The minimum atomic E-state index is -1.19. The maximum atomic E-state index is 14.4. The fourth-order valence-corrected chi connectivity index (χ4v) is 6.89. The molecule has 0 aromatic heterocycles. The number of anilines is 1. The van der Waals surface area contributed by atoms with Crippen LogP contribution in [0.2, 0.25) is 0 Å². The van der Waals surface area contributed by atoms with Crippen LogP contribution in [0.1, 0.15) is 59.1 Å². The van der Waals surface area contributed by atoms with Crippen LogP contribution in [0.3, 0.4) is 0 Å². The number of rotatable bonds is 8. The Bertz CT molecular complexity index is 1280. The number of ether oxygens (including phenoxy) is 2. The minimum absolute atomic E-state index is 0.330. The largest absolute Gasteiger partial charge is 0.494 e. The standard InChI is InChI=1S/C31H39N3O6/c1-6-39-21-14-12-20(13-15-21)32-26(36)23-24-28(38)34(22(18-35)19-10-8-7-9-11-19)25(27(37)33-29(2,3)4)31(24)17-16-30(23,5)40-31/h7-15,22-25,35H,6,16-18H2,1-5H3,(H,32,36)(H,33,37)/t22-,23+,24+,25?,30-,31?/m1/s1. The van der Waals surface area contributed by atoms with Gasteiger partial charge in [-0.05, 0) is 77.3 Å². The lowest BCUT2D eigenvalue weighted by Gasteiger charge is -2.38. The predicted molar refractivity (Wildman–Crippen MR) is 149 cm³/mol. The second-order valence-corrected chi connectivity index (χ2v) is 12.3. The molecular formula is C31H39N3O6. The van der Waals surface area contributed by atoms with Crippen LogP contribution in [-0.4, -0.2) is 63.7 Å². The van der Waals surface area contributed by atoms with E-state index in [1.54, 1.807) is 24.3 Å². The van der Waals surface area contributed by atoms with E-state index in [1.165, 1.54) is 4.90 Å². The lowest BCUT2D eigenvalue weighted by molar-refractivity contribution is -0.149. The van der Waals surface area contributed by atoms with Crippen LogP contribution < -0.4 is 15.4 Å². The molecule has 40 heavy (non-hydrogen) atoms. The van der Waals surface area contributed by atoms with Gasteiger partial charge in [-0.3, -0.25) is 14.4 Å². The quantitative estimate of drug-likeness (QED) is 0.465. The summed E-state index contributed by atoms with van der Waals surface area (Å²) < 4.78 is 12.2. The van der Waals surface area contributed by atoms with E-state index < -0.39 is 40.7 Å². The van der Waals surface area contributed by atoms with Gasteiger partial charge in [0.1, 0.15) is 17.4 Å². The number of aliphatic hydroxyl groups excluding tert-OH is 1. The fraction of sp³-hybridized carbons (Fsp3) is 0.516. The zero-order valence-corrected chi connectivity index (χ0v) is 23.8. The topological polar surface area (TPSA) is 117 Å². The number of fused-ring (bicyclic) bond motifs is 1. The van der Waals surface area contributed by atoms with Crippen molar-refractivity contribution >= 4 is 23.4 Å². The molecular weight excluding hydrogens is 510 g/mol. The number of nitrogens with one attached hydrogen (secondary N) is 2. The van der Waals surface area contributed by atoms with Crippen molar-refractivity contribution in [3.05, 3.63) is 60.2 Å². The van der Waals surface area contributed by atoms with Gasteiger partial charge in [-0.25, -0.2) is 0 Å². The number of hydrogen-bond donors (Lipinski definition) is 3. The van der Waals surface area contributed by atoms with Crippen molar-refractivity contribution < 1.29 is 29.0 Å². The first kappa shape index (κ1) is 28.1. The van der Waals surface area contributed by atoms with E-state index in [4.69, 9.17) is 9.47 Å². The monoisotopic (exact) mass is 549 g/mol. The Balaban J connectivity index is 1.54. The summed E-state index contributed by atoms with van der Waals surface area (Å²) in [6, 6.07) is 14.5. The summed E-state index contributed by atoms with van der Waals surface area (Å²) in [6.45, 7) is 9.55. The lowest BCUT2D eigenvalue weighted by Crippen LogP contribution is -2.59. The Morgan fingerprint density at radius 1 is 1.10 bits per heavy atom. The van der Waals surface area contributed by atoms with Crippen LogP contribution in [0.4, 0.5) is 5.69 Å². The first-order chi connectivity index (χ1) is 18.9. The average molecular weight is 550 g/mol. The Labute approximate surface area is 235 Å². The van der Waals surface area contributed by atoms with Crippen LogP contribution in [0.5, 0.6) is 5.75 Å². The Kier molecular flexibility index (Phi) is 7.17. The summed E-state index contributed by atoms with van der Waals surface area (Å²) in [4.78, 5) is 43.7. The number of aliphatic hydroxyl groups is 1. The molecule has 5 rings (SSSR count). The number of amides is 3. The Morgan fingerprint density at radius 2 is 1.77 bits per heavy atom. The van der Waals surface area contributed by atoms with E-state index >= 15 is 0 Å². The van der Waals surface area contributed by atoms with Gasteiger partial charge in [0.2, 0.25) is 17.7 Å². The molecule has 3 fully saturated rings. The molecule has 0 aliphatic carbocycles. The van der Waals surface area contributed by atoms with Crippen LogP contribution in [0.25, 0.3) is 0 Å². The van der Waals surface area contributed by atoms with Crippen LogP contribution >= 0.6 is 0 Å². The molecule has 2 bridgehead atoms. The highest BCUT2D eigenvalue weighted by Crippen LogP contribution is 2.64. The van der Waals surface area contributed by atoms with Gasteiger partial charge >= 0.3 is 0 Å². The van der Waals surface area contributed by atoms with E-state index in [0.29, 0.717) is 36.4 Å². The van der Waals surface area contributed by atoms with Gasteiger partial charge in [-0.15, -0.1) is 0 Å². The molecule has 3 amide bonds. The molecule has 3 saturated heterocycles. The maximum absolute atomic E-state index is 14.4. The molecule has 1 spiro atoms. The van der Waals surface area contributed by atoms with Crippen LogP contribution in [0, 0.1) is 11.8 Å². The van der Waals surface area contributed by atoms with E-state index in [9.17, 15) is 19.5 Å². The third-order valence-corrected chi connectivity index (χ3v) is 8.37. The molecule has 2 unspecified atom stereocenters. The van der Waals surface area contributed by atoms with Crippen molar-refractivity contribution in [2.24, 2.45) is 11.8 Å². The summed E-state index contributed by atoms with van der Waals surface area (Å²) in [5.74, 6) is -2.03. The molecule has 0 saturated carbocycles. The highest BCUT2D eigenvalue weighted by Gasteiger charge is 2.78. The van der Waals surface area contributed by atoms with Crippen molar-refractivity contribution in [2.75, 3.05) is 18.5 Å². The first-order valence-electron chi connectivity index (χ1n) is 14.0. The second kappa shape index (κ2) is 10.2. The fourth-order valence-electron chi connectivity index (χ4n) is 6.89. The first-order valence-corrected chi connectivity index (χ1v) is 14.0. The predicted octanol–water partition coefficient (Wildman–Crippen LogP) is 3.44. The van der Waals surface area contributed by atoms with E-state index in [-0.39, 0.29) is 24.3 Å². The highest BCUT2D eigenvalue weighted by atomic mass is 16.5. The molecule has 3 heterocycles. The SMILES string of the molecule is CCOc1ccc(NC(=O)[C@@H]2[C@H]3C(=O)N([C@H](CO)c4ccccc4)C(C(=O)NC(C)(C)C)C34CC[C@@]2(C)O4)cc1. The van der Waals surface area contributed by atoms with Gasteiger partial charge < -0.3 is 30.1 Å².